The molecule has 1 fully saturated rings. The third-order valence-electron chi connectivity index (χ3n) is 2.87. The number of hydrogen-bond donors (Lipinski definition) is 1. The lowest BCUT2D eigenvalue weighted by Gasteiger charge is -2.44. The summed E-state index contributed by atoms with van der Waals surface area (Å²) in [6.45, 7) is 4.25. The highest BCUT2D eigenvalue weighted by Gasteiger charge is 2.41. The molecule has 0 aliphatic heterocycles. The molecule has 1 aliphatic rings. The van der Waals surface area contributed by atoms with E-state index in [0.717, 1.165) is 12.8 Å². The van der Waals surface area contributed by atoms with Crippen molar-refractivity contribution in [2.24, 2.45) is 0 Å². The summed E-state index contributed by atoms with van der Waals surface area (Å²) >= 11 is 0. The molecule has 3 nitrogen and oxygen atoms in total. The third-order valence-corrected chi connectivity index (χ3v) is 2.87. The van der Waals surface area contributed by atoms with Crippen LogP contribution in [0.15, 0.2) is 0 Å². The Labute approximate surface area is 80.8 Å². The lowest BCUT2D eigenvalue weighted by atomic mass is 9.85. The smallest absolute Gasteiger partial charge is 0.0986 e. The van der Waals surface area contributed by atoms with Crippen molar-refractivity contribution in [2.45, 2.75) is 51.0 Å². The van der Waals surface area contributed by atoms with Crippen LogP contribution in [0.2, 0.25) is 0 Å². The van der Waals surface area contributed by atoms with Crippen molar-refractivity contribution in [3.05, 3.63) is 0 Å². The molecule has 0 saturated heterocycles. The van der Waals surface area contributed by atoms with Gasteiger partial charge >= 0.3 is 0 Å². The normalized spacial score (nSPS) is 35.5. The minimum absolute atomic E-state index is 0.235. The van der Waals surface area contributed by atoms with E-state index >= 15 is 0 Å². The summed E-state index contributed by atoms with van der Waals surface area (Å²) in [4.78, 5) is 0. The summed E-state index contributed by atoms with van der Waals surface area (Å²) < 4.78 is 11.2. The number of methoxy groups -OCH3 is 1. The predicted octanol–water partition coefficient (Wildman–Crippen LogP) is 1.18. The van der Waals surface area contributed by atoms with Crippen LogP contribution in [-0.4, -0.2) is 38.5 Å². The van der Waals surface area contributed by atoms with E-state index in [1.165, 1.54) is 0 Å². The van der Waals surface area contributed by atoms with Gasteiger partial charge in [-0.2, -0.15) is 0 Å². The fourth-order valence-electron chi connectivity index (χ4n) is 1.71. The number of likely N-dealkylation sites (N-methyl/N-ethyl adjacent to an activating group) is 1. The molecule has 0 spiro atoms. The molecule has 3 heteroatoms. The molecule has 0 aromatic rings. The molecule has 0 amide bonds. The van der Waals surface area contributed by atoms with Crippen LogP contribution in [0.4, 0.5) is 0 Å². The summed E-state index contributed by atoms with van der Waals surface area (Å²) in [6, 6.07) is 0.471. The number of rotatable bonds is 5. The largest absolute Gasteiger partial charge is 0.377 e. The van der Waals surface area contributed by atoms with Gasteiger partial charge in [0.15, 0.2) is 0 Å². The summed E-state index contributed by atoms with van der Waals surface area (Å²) in [6.07, 6.45) is 3.01. The Morgan fingerprint density at radius 3 is 2.69 bits per heavy atom. The molecule has 1 N–H and O–H groups in total. The van der Waals surface area contributed by atoms with Crippen LogP contribution >= 0.6 is 0 Å². The highest BCUT2D eigenvalue weighted by molar-refractivity contribution is 4.96. The highest BCUT2D eigenvalue weighted by Crippen LogP contribution is 2.27. The first-order chi connectivity index (χ1) is 6.22. The molecule has 0 radical (unpaired) electrons. The summed E-state index contributed by atoms with van der Waals surface area (Å²) in [5, 5.41) is 3.22. The van der Waals surface area contributed by atoms with Gasteiger partial charge in [0.1, 0.15) is 0 Å². The average Bonchev–Trinajstić information content (AvgIpc) is 2.11. The second kappa shape index (κ2) is 4.94. The molecular formula is C10H21NO2. The monoisotopic (exact) mass is 187 g/mol. The van der Waals surface area contributed by atoms with Gasteiger partial charge in [0.05, 0.1) is 18.3 Å². The molecular weight excluding hydrogens is 166 g/mol. The summed E-state index contributed by atoms with van der Waals surface area (Å²) in [7, 11) is 3.72. The molecule has 78 valence electrons. The molecule has 1 rings (SSSR count). The van der Waals surface area contributed by atoms with E-state index in [1.807, 2.05) is 7.05 Å². The molecule has 1 saturated carbocycles. The zero-order chi connectivity index (χ0) is 9.84. The Bertz CT molecular complexity index is 152. The van der Waals surface area contributed by atoms with E-state index in [2.05, 4.69) is 19.2 Å². The van der Waals surface area contributed by atoms with Gasteiger partial charge in [-0.25, -0.2) is 0 Å². The van der Waals surface area contributed by atoms with Crippen LogP contribution in [-0.2, 0) is 9.47 Å². The van der Waals surface area contributed by atoms with E-state index in [-0.39, 0.29) is 12.2 Å². The SMILES string of the molecule is CCC(C)OC1CC(NC)C1OC. The van der Waals surface area contributed by atoms with E-state index < -0.39 is 0 Å². The molecule has 0 heterocycles. The van der Waals surface area contributed by atoms with E-state index in [9.17, 15) is 0 Å². The third kappa shape index (κ3) is 2.42. The first-order valence-corrected chi connectivity index (χ1v) is 5.08. The van der Waals surface area contributed by atoms with E-state index in [0.29, 0.717) is 12.1 Å². The van der Waals surface area contributed by atoms with Gasteiger partial charge in [-0.15, -0.1) is 0 Å². The van der Waals surface area contributed by atoms with Crippen molar-refractivity contribution in [2.75, 3.05) is 14.2 Å². The van der Waals surface area contributed by atoms with Crippen LogP contribution in [0.5, 0.6) is 0 Å². The second-order valence-electron chi connectivity index (χ2n) is 3.72. The molecule has 13 heavy (non-hydrogen) atoms. The average molecular weight is 187 g/mol. The first kappa shape index (κ1) is 11.0. The standard InChI is InChI=1S/C10H21NO2/c1-5-7(2)13-9-6-8(11-3)10(9)12-4/h7-11H,5-6H2,1-4H3. The number of nitrogens with one attached hydrogen (secondary N) is 1. The van der Waals surface area contributed by atoms with Crippen molar-refractivity contribution in [1.82, 2.24) is 5.32 Å². The molecule has 4 atom stereocenters. The summed E-state index contributed by atoms with van der Waals surface area (Å²) in [5.41, 5.74) is 0. The van der Waals surface area contributed by atoms with Crippen molar-refractivity contribution >= 4 is 0 Å². The van der Waals surface area contributed by atoms with Crippen molar-refractivity contribution in [1.29, 1.82) is 0 Å². The fourth-order valence-corrected chi connectivity index (χ4v) is 1.71. The van der Waals surface area contributed by atoms with Crippen LogP contribution in [0.1, 0.15) is 26.7 Å². The highest BCUT2D eigenvalue weighted by atomic mass is 16.5. The fraction of sp³-hybridized carbons (Fsp3) is 1.00. The van der Waals surface area contributed by atoms with Gasteiger partial charge in [-0.1, -0.05) is 6.92 Å². The Balaban J connectivity index is 2.29. The van der Waals surface area contributed by atoms with Crippen LogP contribution < -0.4 is 5.32 Å². The van der Waals surface area contributed by atoms with Crippen molar-refractivity contribution in [3.63, 3.8) is 0 Å². The topological polar surface area (TPSA) is 30.5 Å². The van der Waals surface area contributed by atoms with Gasteiger partial charge in [-0.3, -0.25) is 0 Å². The quantitative estimate of drug-likeness (QED) is 0.701. The van der Waals surface area contributed by atoms with Crippen molar-refractivity contribution < 1.29 is 9.47 Å². The predicted molar refractivity (Wildman–Crippen MR) is 52.9 cm³/mol. The van der Waals surface area contributed by atoms with Crippen molar-refractivity contribution in [3.8, 4) is 0 Å². The minimum Gasteiger partial charge on any atom is -0.377 e. The van der Waals surface area contributed by atoms with Crippen LogP contribution in [0, 0.1) is 0 Å². The maximum absolute atomic E-state index is 5.81. The zero-order valence-electron chi connectivity index (χ0n) is 9.04. The maximum Gasteiger partial charge on any atom is 0.0986 e. The van der Waals surface area contributed by atoms with Gasteiger partial charge in [0, 0.05) is 13.2 Å². The van der Waals surface area contributed by atoms with Gasteiger partial charge < -0.3 is 14.8 Å². The maximum atomic E-state index is 5.81. The molecule has 0 bridgehead atoms. The molecule has 1 aliphatic carbocycles. The van der Waals surface area contributed by atoms with Gasteiger partial charge in [0.2, 0.25) is 0 Å². The van der Waals surface area contributed by atoms with Gasteiger partial charge in [-0.05, 0) is 26.8 Å². The molecule has 0 aromatic heterocycles. The second-order valence-corrected chi connectivity index (χ2v) is 3.72. The Hall–Kier alpha value is -0.120. The lowest BCUT2D eigenvalue weighted by Crippen LogP contribution is -2.59. The number of hydrogen-bond acceptors (Lipinski definition) is 3. The number of ether oxygens (including phenoxy) is 2. The van der Waals surface area contributed by atoms with E-state index in [4.69, 9.17) is 9.47 Å². The Morgan fingerprint density at radius 1 is 1.54 bits per heavy atom. The minimum atomic E-state index is 0.235. The Kier molecular flexibility index (Phi) is 4.16. The molecule has 0 aromatic carbocycles. The molecule has 4 unspecified atom stereocenters. The zero-order valence-corrected chi connectivity index (χ0v) is 9.04. The summed E-state index contributed by atoms with van der Waals surface area (Å²) in [5.74, 6) is 0. The first-order valence-electron chi connectivity index (χ1n) is 5.08. The van der Waals surface area contributed by atoms with Crippen LogP contribution in [0.3, 0.4) is 0 Å². The van der Waals surface area contributed by atoms with Crippen LogP contribution in [0.25, 0.3) is 0 Å². The van der Waals surface area contributed by atoms with Gasteiger partial charge in [0.25, 0.3) is 0 Å². The van der Waals surface area contributed by atoms with E-state index in [1.54, 1.807) is 7.11 Å². The lowest BCUT2D eigenvalue weighted by molar-refractivity contribution is -0.152. The Morgan fingerprint density at radius 2 is 2.23 bits per heavy atom.